The van der Waals surface area contributed by atoms with Crippen molar-refractivity contribution in [1.29, 1.82) is 5.41 Å². The Labute approximate surface area is 185 Å². The minimum atomic E-state index is -0.238. The second kappa shape index (κ2) is 15.3. The van der Waals surface area contributed by atoms with Gasteiger partial charge in [-0.25, -0.2) is 4.99 Å². The zero-order chi connectivity index (χ0) is 23.1. The summed E-state index contributed by atoms with van der Waals surface area (Å²) in [6.45, 7) is 5.97. The van der Waals surface area contributed by atoms with Crippen molar-refractivity contribution in [2.75, 3.05) is 13.7 Å². The van der Waals surface area contributed by atoms with Crippen molar-refractivity contribution < 1.29 is 19.1 Å². The van der Waals surface area contributed by atoms with E-state index in [9.17, 15) is 9.59 Å². The number of aromatic nitrogens is 1. The van der Waals surface area contributed by atoms with E-state index in [1.54, 1.807) is 21.0 Å². The fraction of sp³-hybridized carbons (Fsp3) is 0.652. The molecule has 1 atom stereocenters. The summed E-state index contributed by atoms with van der Waals surface area (Å²) >= 11 is 0. The van der Waals surface area contributed by atoms with E-state index >= 15 is 0 Å². The van der Waals surface area contributed by atoms with Gasteiger partial charge in [0.2, 0.25) is 5.91 Å². The first kappa shape index (κ1) is 26.6. The second-order valence-corrected chi connectivity index (χ2v) is 7.90. The maximum atomic E-state index is 12.2. The van der Waals surface area contributed by atoms with Crippen molar-refractivity contribution in [3.8, 4) is 0 Å². The largest absolute Gasteiger partial charge is 0.463 e. The van der Waals surface area contributed by atoms with Crippen LogP contribution in [0.25, 0.3) is 0 Å². The Morgan fingerprint density at radius 2 is 1.97 bits per heavy atom. The van der Waals surface area contributed by atoms with Gasteiger partial charge in [0.05, 0.1) is 17.7 Å². The van der Waals surface area contributed by atoms with Crippen molar-refractivity contribution in [1.82, 2.24) is 10.3 Å². The molecular weight excluding hydrogens is 396 g/mol. The highest BCUT2D eigenvalue weighted by Gasteiger charge is 2.15. The fourth-order valence-electron chi connectivity index (χ4n) is 2.97. The van der Waals surface area contributed by atoms with Gasteiger partial charge in [0.25, 0.3) is 0 Å². The van der Waals surface area contributed by atoms with Crippen LogP contribution in [0.1, 0.15) is 77.1 Å². The van der Waals surface area contributed by atoms with Crippen LogP contribution in [0.2, 0.25) is 0 Å². The molecule has 174 valence electrons. The number of unbranched alkanes of at least 4 members (excludes halogenated alkanes) is 4. The van der Waals surface area contributed by atoms with Gasteiger partial charge in [0, 0.05) is 19.2 Å². The summed E-state index contributed by atoms with van der Waals surface area (Å²) in [4.78, 5) is 31.1. The minimum absolute atomic E-state index is 0.0975. The van der Waals surface area contributed by atoms with Crippen LogP contribution in [-0.2, 0) is 25.5 Å². The first-order valence-electron chi connectivity index (χ1n) is 11.2. The number of methoxy groups -OCH3 is 1. The quantitative estimate of drug-likeness (QED) is 0.167. The molecule has 1 amide bonds. The van der Waals surface area contributed by atoms with Crippen molar-refractivity contribution in [2.24, 2.45) is 10.9 Å². The standard InChI is InChI=1S/C23H38N4O4/c1-5-6-7-8-9-10-21(28)27-22(25-16-24)20-14-12-18(26-20)11-13-19(30-4)15-31-23(29)17(2)3/h12,14,16-17,19,26H,5-11,13,15H2,1-4H3,(H2,24,25,27,28)/t19-/m0/s1. The predicted molar refractivity (Wildman–Crippen MR) is 123 cm³/mol. The number of amides is 1. The average molecular weight is 435 g/mol. The lowest BCUT2D eigenvalue weighted by Gasteiger charge is -2.16. The van der Waals surface area contributed by atoms with Crippen LogP contribution in [0, 0.1) is 11.3 Å². The first-order valence-corrected chi connectivity index (χ1v) is 11.2. The molecule has 1 heterocycles. The van der Waals surface area contributed by atoms with Crippen molar-refractivity contribution in [2.45, 2.75) is 78.2 Å². The number of H-pyrrole nitrogens is 1. The van der Waals surface area contributed by atoms with E-state index in [1.165, 1.54) is 12.8 Å². The van der Waals surface area contributed by atoms with E-state index in [0.29, 0.717) is 30.8 Å². The van der Waals surface area contributed by atoms with Crippen LogP contribution >= 0.6 is 0 Å². The highest BCUT2D eigenvalue weighted by molar-refractivity contribution is 6.09. The summed E-state index contributed by atoms with van der Waals surface area (Å²) in [5.74, 6) is -0.159. The molecule has 1 aromatic rings. The molecular formula is C23H38N4O4. The summed E-state index contributed by atoms with van der Waals surface area (Å²) in [5.41, 5.74) is 1.59. The van der Waals surface area contributed by atoms with Gasteiger partial charge in [-0.1, -0.05) is 46.5 Å². The van der Waals surface area contributed by atoms with E-state index in [2.05, 4.69) is 22.2 Å². The van der Waals surface area contributed by atoms with Gasteiger partial charge >= 0.3 is 5.97 Å². The number of nitrogens with zero attached hydrogens (tertiary/aromatic N) is 1. The van der Waals surface area contributed by atoms with Crippen LogP contribution in [0.3, 0.4) is 0 Å². The molecule has 0 unspecified atom stereocenters. The van der Waals surface area contributed by atoms with Gasteiger partial charge in [0.15, 0.2) is 5.84 Å². The van der Waals surface area contributed by atoms with Gasteiger partial charge in [-0.05, 0) is 31.4 Å². The van der Waals surface area contributed by atoms with Crippen LogP contribution in [0.15, 0.2) is 17.1 Å². The van der Waals surface area contributed by atoms with E-state index < -0.39 is 0 Å². The number of carbonyl (C=O) groups is 2. The third-order valence-electron chi connectivity index (χ3n) is 4.91. The van der Waals surface area contributed by atoms with Gasteiger partial charge in [0.1, 0.15) is 12.9 Å². The molecule has 8 heteroatoms. The molecule has 0 saturated carbocycles. The average Bonchev–Trinajstić information content (AvgIpc) is 3.22. The molecule has 0 bridgehead atoms. The Morgan fingerprint density at radius 1 is 1.23 bits per heavy atom. The topological polar surface area (TPSA) is 117 Å². The zero-order valence-corrected chi connectivity index (χ0v) is 19.3. The van der Waals surface area contributed by atoms with Gasteiger partial charge in [-0.3, -0.25) is 15.0 Å². The van der Waals surface area contributed by atoms with E-state index in [4.69, 9.17) is 14.9 Å². The highest BCUT2D eigenvalue weighted by atomic mass is 16.6. The Kier molecular flexibility index (Phi) is 13.1. The molecule has 3 N–H and O–H groups in total. The summed E-state index contributed by atoms with van der Waals surface area (Å²) in [6, 6.07) is 3.75. The monoisotopic (exact) mass is 434 g/mol. The first-order chi connectivity index (χ1) is 14.9. The summed E-state index contributed by atoms with van der Waals surface area (Å²) in [6.07, 6.45) is 7.91. The number of esters is 1. The smallest absolute Gasteiger partial charge is 0.308 e. The van der Waals surface area contributed by atoms with Gasteiger partial charge in [-0.2, -0.15) is 0 Å². The number of carbonyl (C=O) groups excluding carboxylic acids is 2. The molecule has 0 aliphatic rings. The Bertz CT molecular complexity index is 712. The second-order valence-electron chi connectivity index (χ2n) is 7.90. The molecule has 1 aromatic heterocycles. The number of aryl methyl sites for hydroxylation is 1. The van der Waals surface area contributed by atoms with Crippen LogP contribution in [0.5, 0.6) is 0 Å². The normalized spacial score (nSPS) is 12.6. The number of aliphatic imine (C=N–C) groups is 1. The number of amidine groups is 1. The van der Waals surface area contributed by atoms with Crippen LogP contribution in [-0.4, -0.2) is 48.9 Å². The predicted octanol–water partition coefficient (Wildman–Crippen LogP) is 3.99. The van der Waals surface area contributed by atoms with Gasteiger partial charge < -0.3 is 19.8 Å². The van der Waals surface area contributed by atoms with Gasteiger partial charge in [-0.15, -0.1) is 0 Å². The maximum Gasteiger partial charge on any atom is 0.308 e. The Hall–Kier alpha value is -2.48. The Balaban J connectivity index is 2.56. The fourth-order valence-corrected chi connectivity index (χ4v) is 2.97. The number of rotatable bonds is 15. The number of ether oxygens (including phenoxy) is 2. The number of hydrogen-bond donors (Lipinski definition) is 3. The van der Waals surface area contributed by atoms with Crippen molar-refractivity contribution in [3.63, 3.8) is 0 Å². The maximum absolute atomic E-state index is 12.2. The van der Waals surface area contributed by atoms with Crippen LogP contribution < -0.4 is 5.32 Å². The Morgan fingerprint density at radius 3 is 2.61 bits per heavy atom. The molecule has 0 aliphatic carbocycles. The number of aromatic amines is 1. The third-order valence-corrected chi connectivity index (χ3v) is 4.91. The lowest BCUT2D eigenvalue weighted by atomic mass is 10.1. The number of nitrogens with one attached hydrogen (secondary N) is 3. The zero-order valence-electron chi connectivity index (χ0n) is 19.3. The van der Waals surface area contributed by atoms with Crippen molar-refractivity contribution >= 4 is 24.1 Å². The highest BCUT2D eigenvalue weighted by Crippen LogP contribution is 2.10. The molecule has 0 fully saturated rings. The molecule has 31 heavy (non-hydrogen) atoms. The van der Waals surface area contributed by atoms with E-state index in [1.807, 2.05) is 12.1 Å². The molecule has 0 spiro atoms. The van der Waals surface area contributed by atoms with E-state index in [-0.39, 0.29) is 30.5 Å². The summed E-state index contributed by atoms with van der Waals surface area (Å²) in [7, 11) is 1.60. The molecule has 0 aliphatic heterocycles. The lowest BCUT2D eigenvalue weighted by Crippen LogP contribution is -2.31. The van der Waals surface area contributed by atoms with Crippen molar-refractivity contribution in [3.05, 3.63) is 23.5 Å². The third kappa shape index (κ3) is 10.9. The molecule has 0 aromatic carbocycles. The number of hydrogen-bond acceptors (Lipinski definition) is 5. The molecule has 0 saturated heterocycles. The minimum Gasteiger partial charge on any atom is -0.463 e. The molecule has 0 radical (unpaired) electrons. The SMILES string of the molecule is CCCCCCCC(=O)NC(=NC=N)c1ccc(CC[C@@H](COC(=O)C(C)C)OC)[nH]1. The lowest BCUT2D eigenvalue weighted by molar-refractivity contribution is -0.151. The summed E-state index contributed by atoms with van der Waals surface area (Å²) in [5, 5.41) is 10.1. The van der Waals surface area contributed by atoms with E-state index in [0.717, 1.165) is 31.3 Å². The molecule has 8 nitrogen and oxygen atoms in total. The summed E-state index contributed by atoms with van der Waals surface area (Å²) < 4.78 is 10.7. The van der Waals surface area contributed by atoms with Crippen LogP contribution in [0.4, 0.5) is 0 Å². The molecule has 1 rings (SSSR count).